The molecule has 0 aromatic carbocycles. The average Bonchev–Trinajstić information content (AvgIpc) is 2.97. The molecule has 4 heteroatoms. The van der Waals surface area contributed by atoms with Gasteiger partial charge in [-0.2, -0.15) is 0 Å². The zero-order valence-corrected chi connectivity index (χ0v) is 15.2. The summed E-state index contributed by atoms with van der Waals surface area (Å²) < 4.78 is 0. The molecule has 0 aromatic heterocycles. The molecule has 3 nitrogen and oxygen atoms in total. The van der Waals surface area contributed by atoms with Crippen molar-refractivity contribution in [2.45, 2.75) is 77.2 Å². The summed E-state index contributed by atoms with van der Waals surface area (Å²) in [6, 6.07) is 0. The quantitative estimate of drug-likeness (QED) is 0.359. The lowest BCUT2D eigenvalue weighted by Crippen LogP contribution is -2.18. The Balaban J connectivity index is 2.13. The van der Waals surface area contributed by atoms with Gasteiger partial charge in [0.2, 0.25) is 0 Å². The van der Waals surface area contributed by atoms with E-state index in [-0.39, 0.29) is 0 Å². The van der Waals surface area contributed by atoms with E-state index in [1.165, 1.54) is 49.9 Å². The van der Waals surface area contributed by atoms with Gasteiger partial charge in [0.05, 0.1) is 0 Å². The van der Waals surface area contributed by atoms with Crippen molar-refractivity contribution in [3.05, 3.63) is 23.1 Å². The van der Waals surface area contributed by atoms with Crippen molar-refractivity contribution in [3.63, 3.8) is 0 Å². The van der Waals surface area contributed by atoms with E-state index in [0.717, 1.165) is 18.6 Å². The van der Waals surface area contributed by atoms with Crippen molar-refractivity contribution in [3.8, 4) is 0 Å². The van der Waals surface area contributed by atoms with E-state index in [1.54, 1.807) is 0 Å². The van der Waals surface area contributed by atoms with Crippen LogP contribution in [0.1, 0.15) is 71.1 Å². The van der Waals surface area contributed by atoms with Gasteiger partial charge >= 0.3 is 5.97 Å². The zero-order chi connectivity index (χ0) is 16.9. The fraction of sp³-hybridized carbons (Fsp3) is 0.737. The molecule has 0 saturated carbocycles. The molecule has 0 heterocycles. The maximum atomic E-state index is 10.5. The number of hydrogen-bond acceptors (Lipinski definition) is 3. The van der Waals surface area contributed by atoms with Crippen molar-refractivity contribution in [2.24, 2.45) is 5.92 Å². The summed E-state index contributed by atoms with van der Waals surface area (Å²) in [6.45, 7) is 2.24. The first-order valence-corrected chi connectivity index (χ1v) is 10.0. The molecular formula is C19H32O3S. The van der Waals surface area contributed by atoms with Gasteiger partial charge in [0.25, 0.3) is 0 Å². The largest absolute Gasteiger partial charge is 0.479 e. The normalized spacial score (nSPS) is 19.2. The van der Waals surface area contributed by atoms with Gasteiger partial charge in [-0.25, -0.2) is 4.79 Å². The molecule has 1 aliphatic rings. The maximum absolute atomic E-state index is 10.5. The van der Waals surface area contributed by atoms with Crippen LogP contribution in [0.15, 0.2) is 23.1 Å². The molecule has 0 amide bonds. The predicted octanol–water partition coefficient (Wildman–Crippen LogP) is 5.16. The fourth-order valence-electron chi connectivity index (χ4n) is 2.76. The van der Waals surface area contributed by atoms with Gasteiger partial charge in [0.1, 0.15) is 0 Å². The third-order valence-corrected chi connectivity index (χ3v) is 5.50. The molecule has 0 aliphatic heterocycles. The van der Waals surface area contributed by atoms with Gasteiger partial charge in [-0.3, -0.25) is 0 Å². The highest BCUT2D eigenvalue weighted by atomic mass is 32.2. The van der Waals surface area contributed by atoms with Crippen LogP contribution < -0.4 is 0 Å². The van der Waals surface area contributed by atoms with Crippen molar-refractivity contribution < 1.29 is 15.0 Å². The Morgan fingerprint density at radius 2 is 2.17 bits per heavy atom. The number of carboxylic acid groups (broad SMARTS) is 1. The molecule has 0 radical (unpaired) electrons. The van der Waals surface area contributed by atoms with Gasteiger partial charge < -0.3 is 10.2 Å². The molecule has 0 saturated heterocycles. The molecule has 1 unspecified atom stereocenters. The van der Waals surface area contributed by atoms with Crippen LogP contribution in [0.4, 0.5) is 0 Å². The second kappa shape index (κ2) is 12.7. The van der Waals surface area contributed by atoms with Crippen LogP contribution in [-0.4, -0.2) is 28.0 Å². The lowest BCUT2D eigenvalue weighted by molar-refractivity contribution is -0.146. The number of unbranched alkanes of at least 4 members (excludes halogenated alkanes) is 5. The number of aliphatic hydroxyl groups is 1. The highest BCUT2D eigenvalue weighted by molar-refractivity contribution is 8.03. The van der Waals surface area contributed by atoms with E-state index in [4.69, 9.17) is 5.11 Å². The summed E-state index contributed by atoms with van der Waals surface area (Å²) in [5.41, 5.74) is 0. The summed E-state index contributed by atoms with van der Waals surface area (Å²) in [6.07, 6.45) is 16.8. The molecule has 0 aromatic rings. The minimum atomic E-state index is -1.20. The molecular weight excluding hydrogens is 308 g/mol. The SMILES string of the molecule is CCCCCCC=C[C@H]1CCC=C1SCCCCC(O)C(=O)O. The van der Waals surface area contributed by atoms with E-state index in [0.29, 0.717) is 12.3 Å². The number of aliphatic hydroxyl groups excluding tert-OH is 1. The third-order valence-electron chi connectivity index (χ3n) is 4.21. The van der Waals surface area contributed by atoms with Crippen LogP contribution in [0.5, 0.6) is 0 Å². The number of hydrogen-bond donors (Lipinski definition) is 2. The van der Waals surface area contributed by atoms with Crippen molar-refractivity contribution in [2.75, 3.05) is 5.75 Å². The third kappa shape index (κ3) is 9.21. The number of carboxylic acids is 1. The average molecular weight is 341 g/mol. The van der Waals surface area contributed by atoms with Gasteiger partial charge in [0.15, 0.2) is 6.10 Å². The highest BCUT2D eigenvalue weighted by Crippen LogP contribution is 2.35. The summed E-state index contributed by atoms with van der Waals surface area (Å²) in [4.78, 5) is 12.0. The lowest BCUT2D eigenvalue weighted by atomic mass is 10.1. The Labute approximate surface area is 145 Å². The Hall–Kier alpha value is -0.740. The second-order valence-electron chi connectivity index (χ2n) is 6.27. The second-order valence-corrected chi connectivity index (χ2v) is 7.43. The summed E-state index contributed by atoms with van der Waals surface area (Å²) in [5.74, 6) is 0.495. The monoisotopic (exact) mass is 340 g/mol. The molecule has 0 fully saturated rings. The number of thioether (sulfide) groups is 1. The summed E-state index contributed by atoms with van der Waals surface area (Å²) in [7, 11) is 0. The number of allylic oxidation sites excluding steroid dienone is 4. The molecule has 1 aliphatic carbocycles. The molecule has 0 spiro atoms. The smallest absolute Gasteiger partial charge is 0.332 e. The van der Waals surface area contributed by atoms with Gasteiger partial charge in [-0.05, 0) is 55.6 Å². The van der Waals surface area contributed by atoms with Crippen LogP contribution in [0.25, 0.3) is 0 Å². The molecule has 1 rings (SSSR count). The zero-order valence-electron chi connectivity index (χ0n) is 14.4. The van der Waals surface area contributed by atoms with Crippen molar-refractivity contribution >= 4 is 17.7 Å². The van der Waals surface area contributed by atoms with Crippen LogP contribution in [0.3, 0.4) is 0 Å². The van der Waals surface area contributed by atoms with E-state index in [9.17, 15) is 9.90 Å². The lowest BCUT2D eigenvalue weighted by Gasteiger charge is -2.10. The minimum Gasteiger partial charge on any atom is -0.479 e. The standard InChI is InChI=1S/C19H32O3S/c1-2-3-4-5-6-7-11-16-12-10-14-18(16)23-15-9-8-13-17(20)19(21)22/h7,11,14,16-17,20H,2-6,8-10,12-13,15H2,1H3,(H,21,22)/t16-,17?/m0/s1. The van der Waals surface area contributed by atoms with Crippen LogP contribution in [0, 0.1) is 5.92 Å². The van der Waals surface area contributed by atoms with Crippen molar-refractivity contribution in [1.29, 1.82) is 0 Å². The van der Waals surface area contributed by atoms with Gasteiger partial charge in [0, 0.05) is 5.92 Å². The van der Waals surface area contributed by atoms with Gasteiger partial charge in [-0.1, -0.05) is 44.4 Å². The summed E-state index contributed by atoms with van der Waals surface area (Å²) >= 11 is 1.90. The number of rotatable bonds is 13. The number of carbonyl (C=O) groups is 1. The highest BCUT2D eigenvalue weighted by Gasteiger charge is 2.17. The van der Waals surface area contributed by atoms with Crippen LogP contribution >= 0.6 is 11.8 Å². The first-order chi connectivity index (χ1) is 11.1. The van der Waals surface area contributed by atoms with Gasteiger partial charge in [-0.15, -0.1) is 11.8 Å². The first-order valence-electron chi connectivity index (χ1n) is 9.05. The molecule has 23 heavy (non-hydrogen) atoms. The molecule has 132 valence electrons. The Kier molecular flexibility index (Phi) is 11.2. The summed E-state index contributed by atoms with van der Waals surface area (Å²) in [5, 5.41) is 17.9. The number of aliphatic carboxylic acids is 1. The van der Waals surface area contributed by atoms with E-state index < -0.39 is 12.1 Å². The van der Waals surface area contributed by atoms with E-state index >= 15 is 0 Å². The van der Waals surface area contributed by atoms with Crippen LogP contribution in [-0.2, 0) is 4.79 Å². The Bertz CT molecular complexity index is 390. The maximum Gasteiger partial charge on any atom is 0.332 e. The fourth-order valence-corrected chi connectivity index (χ4v) is 3.99. The van der Waals surface area contributed by atoms with E-state index in [2.05, 4.69) is 25.2 Å². The Morgan fingerprint density at radius 3 is 2.91 bits per heavy atom. The predicted molar refractivity (Wildman–Crippen MR) is 98.7 cm³/mol. The topological polar surface area (TPSA) is 57.5 Å². The molecule has 2 N–H and O–H groups in total. The molecule has 0 bridgehead atoms. The molecule has 2 atom stereocenters. The first kappa shape index (κ1) is 20.3. The Morgan fingerprint density at radius 1 is 1.35 bits per heavy atom. The minimum absolute atomic E-state index is 0.357. The van der Waals surface area contributed by atoms with Crippen molar-refractivity contribution in [1.82, 2.24) is 0 Å². The van der Waals surface area contributed by atoms with Crippen LogP contribution in [0.2, 0.25) is 0 Å². The van der Waals surface area contributed by atoms with E-state index in [1.807, 2.05) is 11.8 Å².